The molecule has 0 aromatic carbocycles. The second-order valence-corrected chi connectivity index (χ2v) is 5.94. The van der Waals surface area contributed by atoms with Crippen LogP contribution in [-0.2, 0) is 11.3 Å². The van der Waals surface area contributed by atoms with E-state index in [1.54, 1.807) is 6.26 Å². The lowest BCUT2D eigenvalue weighted by Gasteiger charge is -2.34. The largest absolute Gasteiger partial charge is 0.468 e. The van der Waals surface area contributed by atoms with E-state index in [2.05, 4.69) is 4.90 Å². The van der Waals surface area contributed by atoms with Crippen molar-refractivity contribution in [2.45, 2.75) is 31.8 Å². The van der Waals surface area contributed by atoms with Gasteiger partial charge in [-0.25, -0.2) is 0 Å². The van der Waals surface area contributed by atoms with Gasteiger partial charge in [-0.1, -0.05) is 0 Å². The van der Waals surface area contributed by atoms with Gasteiger partial charge in [-0.3, -0.25) is 9.69 Å². The maximum atomic E-state index is 12.2. The van der Waals surface area contributed by atoms with E-state index in [9.17, 15) is 4.79 Å². The summed E-state index contributed by atoms with van der Waals surface area (Å²) < 4.78 is 5.36. The van der Waals surface area contributed by atoms with Gasteiger partial charge in [0.2, 0.25) is 5.91 Å². The number of furan rings is 1. The normalized spacial score (nSPS) is 21.9. The van der Waals surface area contributed by atoms with Gasteiger partial charge in [0.15, 0.2) is 0 Å². The fourth-order valence-electron chi connectivity index (χ4n) is 2.80. The molecular weight excluding hydrogens is 254 g/mol. The van der Waals surface area contributed by atoms with Crippen LogP contribution in [-0.4, -0.2) is 47.9 Å². The van der Waals surface area contributed by atoms with Gasteiger partial charge in [-0.15, -0.1) is 0 Å². The van der Waals surface area contributed by atoms with Crippen molar-refractivity contribution in [1.82, 2.24) is 9.80 Å². The number of piperazine rings is 1. The Morgan fingerprint density at radius 1 is 1.35 bits per heavy atom. The summed E-state index contributed by atoms with van der Waals surface area (Å²) in [4.78, 5) is 16.5. The van der Waals surface area contributed by atoms with Gasteiger partial charge in [0, 0.05) is 38.6 Å². The van der Waals surface area contributed by atoms with Crippen LogP contribution < -0.4 is 5.73 Å². The van der Waals surface area contributed by atoms with E-state index in [1.165, 1.54) is 12.8 Å². The van der Waals surface area contributed by atoms with Crippen LogP contribution in [0.4, 0.5) is 0 Å². The molecule has 2 fully saturated rings. The van der Waals surface area contributed by atoms with Crippen LogP contribution in [0.2, 0.25) is 0 Å². The van der Waals surface area contributed by atoms with Crippen LogP contribution in [0.3, 0.4) is 0 Å². The van der Waals surface area contributed by atoms with Crippen molar-refractivity contribution >= 4 is 5.91 Å². The van der Waals surface area contributed by atoms with Gasteiger partial charge in [0.1, 0.15) is 5.76 Å². The summed E-state index contributed by atoms with van der Waals surface area (Å²) in [5.41, 5.74) is 6.03. The Morgan fingerprint density at radius 3 is 2.70 bits per heavy atom. The molecule has 1 saturated carbocycles. The maximum absolute atomic E-state index is 12.2. The minimum atomic E-state index is 0.0728. The number of nitrogens with two attached hydrogens (primary N) is 1. The smallest absolute Gasteiger partial charge is 0.224 e. The molecule has 1 aromatic rings. The lowest BCUT2D eigenvalue weighted by atomic mass is 10.1. The Kier molecular flexibility index (Phi) is 4.08. The van der Waals surface area contributed by atoms with Crippen molar-refractivity contribution < 1.29 is 9.21 Å². The lowest BCUT2D eigenvalue weighted by Crippen LogP contribution is -2.49. The molecule has 2 heterocycles. The topological polar surface area (TPSA) is 62.7 Å². The molecular formula is C15H23N3O2. The average Bonchev–Trinajstić information content (AvgIpc) is 3.19. The molecule has 2 N–H and O–H groups in total. The highest BCUT2D eigenvalue weighted by molar-refractivity contribution is 5.77. The van der Waals surface area contributed by atoms with Gasteiger partial charge in [-0.2, -0.15) is 0 Å². The first kappa shape index (κ1) is 13.6. The molecule has 1 atom stereocenters. The van der Waals surface area contributed by atoms with Crippen molar-refractivity contribution in [3.8, 4) is 0 Å². The van der Waals surface area contributed by atoms with Gasteiger partial charge in [0.25, 0.3) is 0 Å². The lowest BCUT2D eigenvalue weighted by molar-refractivity contribution is -0.133. The Hall–Kier alpha value is -1.33. The Balaban J connectivity index is 1.42. The fourth-order valence-corrected chi connectivity index (χ4v) is 2.80. The number of rotatable bonds is 5. The summed E-state index contributed by atoms with van der Waals surface area (Å²) in [6.07, 6.45) is 4.62. The molecule has 5 nitrogen and oxygen atoms in total. The molecule has 1 saturated heterocycles. The summed E-state index contributed by atoms with van der Waals surface area (Å²) in [7, 11) is 0. The van der Waals surface area contributed by atoms with Crippen molar-refractivity contribution in [2.75, 3.05) is 26.2 Å². The Morgan fingerprint density at radius 2 is 2.10 bits per heavy atom. The van der Waals surface area contributed by atoms with E-state index < -0.39 is 0 Å². The van der Waals surface area contributed by atoms with Crippen LogP contribution in [0.25, 0.3) is 0 Å². The number of carbonyl (C=O) groups is 1. The second kappa shape index (κ2) is 5.97. The van der Waals surface area contributed by atoms with E-state index in [0.29, 0.717) is 12.3 Å². The zero-order valence-electron chi connectivity index (χ0n) is 11.8. The zero-order valence-corrected chi connectivity index (χ0v) is 11.8. The number of nitrogens with zero attached hydrogens (tertiary/aromatic N) is 2. The first-order valence-corrected chi connectivity index (χ1v) is 7.50. The molecule has 2 aliphatic rings. The predicted molar refractivity (Wildman–Crippen MR) is 75.9 cm³/mol. The molecule has 1 aliphatic carbocycles. The SMILES string of the molecule is NC(CC(=O)N1CCN(Cc2ccco2)CC1)C1CC1. The summed E-state index contributed by atoms with van der Waals surface area (Å²) in [5, 5.41) is 0. The second-order valence-electron chi connectivity index (χ2n) is 5.94. The highest BCUT2D eigenvalue weighted by Gasteiger charge is 2.31. The molecule has 0 spiro atoms. The Bertz CT molecular complexity index is 434. The molecule has 1 aliphatic heterocycles. The van der Waals surface area contributed by atoms with Crippen LogP contribution in [0.1, 0.15) is 25.0 Å². The third-order valence-corrected chi connectivity index (χ3v) is 4.32. The number of carbonyl (C=O) groups excluding carboxylic acids is 1. The minimum absolute atomic E-state index is 0.0728. The van der Waals surface area contributed by atoms with Crippen molar-refractivity contribution in [2.24, 2.45) is 11.7 Å². The molecule has 110 valence electrons. The van der Waals surface area contributed by atoms with Gasteiger partial charge < -0.3 is 15.1 Å². The molecule has 1 unspecified atom stereocenters. The fraction of sp³-hybridized carbons (Fsp3) is 0.667. The van der Waals surface area contributed by atoms with Crippen LogP contribution in [0.15, 0.2) is 22.8 Å². The van der Waals surface area contributed by atoms with E-state index in [0.717, 1.165) is 38.5 Å². The van der Waals surface area contributed by atoms with E-state index in [-0.39, 0.29) is 11.9 Å². The number of amides is 1. The van der Waals surface area contributed by atoms with Gasteiger partial charge in [-0.05, 0) is 30.9 Å². The van der Waals surface area contributed by atoms with Crippen molar-refractivity contribution in [1.29, 1.82) is 0 Å². The van der Waals surface area contributed by atoms with Crippen molar-refractivity contribution in [3.05, 3.63) is 24.2 Å². The van der Waals surface area contributed by atoms with Crippen LogP contribution in [0, 0.1) is 5.92 Å². The first-order valence-electron chi connectivity index (χ1n) is 7.50. The molecule has 1 amide bonds. The number of hydrogen-bond donors (Lipinski definition) is 1. The van der Waals surface area contributed by atoms with Gasteiger partial charge >= 0.3 is 0 Å². The summed E-state index contributed by atoms with van der Waals surface area (Å²) in [5.74, 6) is 1.81. The Labute approximate surface area is 119 Å². The summed E-state index contributed by atoms with van der Waals surface area (Å²) in [6.45, 7) is 4.25. The predicted octanol–water partition coefficient (Wildman–Crippen LogP) is 1.05. The minimum Gasteiger partial charge on any atom is -0.468 e. The van der Waals surface area contributed by atoms with Crippen molar-refractivity contribution in [3.63, 3.8) is 0 Å². The van der Waals surface area contributed by atoms with E-state index >= 15 is 0 Å². The van der Waals surface area contributed by atoms with Gasteiger partial charge in [0.05, 0.1) is 12.8 Å². The monoisotopic (exact) mass is 277 g/mol. The standard InChI is InChI=1S/C15H23N3O2/c16-14(12-3-4-12)10-15(19)18-7-5-17(6-8-18)11-13-2-1-9-20-13/h1-2,9,12,14H,3-8,10-11,16H2. The third kappa shape index (κ3) is 3.41. The molecule has 0 radical (unpaired) electrons. The van der Waals surface area contributed by atoms with E-state index in [1.807, 2.05) is 17.0 Å². The highest BCUT2D eigenvalue weighted by Crippen LogP contribution is 2.33. The van der Waals surface area contributed by atoms with Crippen LogP contribution >= 0.6 is 0 Å². The molecule has 20 heavy (non-hydrogen) atoms. The highest BCUT2D eigenvalue weighted by atomic mass is 16.3. The zero-order chi connectivity index (χ0) is 13.9. The summed E-state index contributed by atoms with van der Waals surface area (Å²) >= 11 is 0. The van der Waals surface area contributed by atoms with Crippen LogP contribution in [0.5, 0.6) is 0 Å². The average molecular weight is 277 g/mol. The third-order valence-electron chi connectivity index (χ3n) is 4.32. The molecule has 0 bridgehead atoms. The summed E-state index contributed by atoms with van der Waals surface area (Å²) in [6, 6.07) is 3.98. The number of hydrogen-bond acceptors (Lipinski definition) is 4. The first-order chi connectivity index (χ1) is 9.72. The maximum Gasteiger partial charge on any atom is 0.224 e. The van der Waals surface area contributed by atoms with E-state index in [4.69, 9.17) is 10.2 Å². The quantitative estimate of drug-likeness (QED) is 0.874. The molecule has 1 aromatic heterocycles. The molecule has 5 heteroatoms. The molecule has 3 rings (SSSR count).